The summed E-state index contributed by atoms with van der Waals surface area (Å²) >= 11 is 2.02. The van der Waals surface area contributed by atoms with Gasteiger partial charge in [-0.15, -0.1) is 0 Å². The summed E-state index contributed by atoms with van der Waals surface area (Å²) in [4.78, 5) is 17.1. The lowest BCUT2D eigenvalue weighted by atomic mass is 10.3. The number of thioether (sulfide) groups is 1. The fraction of sp³-hybridized carbons (Fsp3) is 0.727. The minimum Gasteiger partial charge on any atom is -0.347 e. The SMILES string of the molecule is CCC1CN(c2nc(NN)nc(N(C)C)n2)CCS1. The van der Waals surface area contributed by atoms with Gasteiger partial charge in [0.15, 0.2) is 0 Å². The summed E-state index contributed by atoms with van der Waals surface area (Å²) in [6.07, 6.45) is 1.16. The summed E-state index contributed by atoms with van der Waals surface area (Å²) < 4.78 is 0. The third kappa shape index (κ3) is 3.38. The highest BCUT2D eigenvalue weighted by atomic mass is 32.2. The van der Waals surface area contributed by atoms with Crippen molar-refractivity contribution in [1.82, 2.24) is 15.0 Å². The summed E-state index contributed by atoms with van der Waals surface area (Å²) in [5, 5.41) is 0.641. The van der Waals surface area contributed by atoms with Gasteiger partial charge < -0.3 is 9.80 Å². The van der Waals surface area contributed by atoms with E-state index in [0.717, 1.165) is 25.3 Å². The molecule has 8 heteroatoms. The molecule has 1 aliphatic rings. The molecule has 1 unspecified atom stereocenters. The van der Waals surface area contributed by atoms with Crippen LogP contribution in [0.3, 0.4) is 0 Å². The smallest absolute Gasteiger partial charge is 0.243 e. The maximum absolute atomic E-state index is 5.43. The van der Waals surface area contributed by atoms with Crippen molar-refractivity contribution < 1.29 is 0 Å². The van der Waals surface area contributed by atoms with Crippen LogP contribution in [-0.4, -0.2) is 53.1 Å². The highest BCUT2D eigenvalue weighted by molar-refractivity contribution is 8.00. The molecule has 0 spiro atoms. The van der Waals surface area contributed by atoms with Gasteiger partial charge in [-0.25, -0.2) is 5.84 Å². The summed E-state index contributed by atoms with van der Waals surface area (Å²) in [5.41, 5.74) is 2.51. The Morgan fingerprint density at radius 2 is 2.21 bits per heavy atom. The Kier molecular flexibility index (Phi) is 4.65. The number of nitrogen functional groups attached to an aromatic ring is 1. The van der Waals surface area contributed by atoms with E-state index in [-0.39, 0.29) is 0 Å². The number of hydrogen-bond donors (Lipinski definition) is 2. The molecule has 1 aliphatic heterocycles. The molecule has 19 heavy (non-hydrogen) atoms. The lowest BCUT2D eigenvalue weighted by molar-refractivity contribution is 0.706. The van der Waals surface area contributed by atoms with Crippen molar-refractivity contribution in [3.8, 4) is 0 Å². The third-order valence-electron chi connectivity index (χ3n) is 3.02. The number of hydrogen-bond acceptors (Lipinski definition) is 8. The number of aromatic nitrogens is 3. The number of nitrogens with one attached hydrogen (secondary N) is 1. The van der Waals surface area contributed by atoms with Crippen LogP contribution < -0.4 is 21.1 Å². The van der Waals surface area contributed by atoms with Crippen molar-refractivity contribution in [2.45, 2.75) is 18.6 Å². The van der Waals surface area contributed by atoms with E-state index in [0.29, 0.717) is 23.1 Å². The predicted octanol–water partition coefficient (Wildman–Crippen LogP) is 0.555. The van der Waals surface area contributed by atoms with Crippen molar-refractivity contribution >= 4 is 29.6 Å². The number of nitrogens with two attached hydrogens (primary N) is 1. The number of anilines is 3. The molecule has 1 fully saturated rings. The summed E-state index contributed by atoms with van der Waals surface area (Å²) in [7, 11) is 3.81. The average molecular weight is 283 g/mol. The largest absolute Gasteiger partial charge is 0.347 e. The van der Waals surface area contributed by atoms with E-state index >= 15 is 0 Å². The van der Waals surface area contributed by atoms with Crippen LogP contribution in [0.4, 0.5) is 17.8 Å². The van der Waals surface area contributed by atoms with Crippen LogP contribution in [0.5, 0.6) is 0 Å². The van der Waals surface area contributed by atoms with Crippen LogP contribution in [0.25, 0.3) is 0 Å². The topological polar surface area (TPSA) is 83.2 Å². The molecule has 1 aromatic rings. The summed E-state index contributed by atoms with van der Waals surface area (Å²) in [5.74, 6) is 8.25. The lowest BCUT2D eigenvalue weighted by Crippen LogP contribution is -2.39. The zero-order valence-corrected chi connectivity index (χ0v) is 12.4. The lowest BCUT2D eigenvalue weighted by Gasteiger charge is -2.32. The number of nitrogens with zero attached hydrogens (tertiary/aromatic N) is 5. The van der Waals surface area contributed by atoms with Crippen LogP contribution in [0.2, 0.25) is 0 Å². The molecule has 0 amide bonds. The van der Waals surface area contributed by atoms with Gasteiger partial charge in [0.2, 0.25) is 17.8 Å². The van der Waals surface area contributed by atoms with E-state index < -0.39 is 0 Å². The first-order chi connectivity index (χ1) is 9.13. The van der Waals surface area contributed by atoms with E-state index in [1.165, 1.54) is 0 Å². The van der Waals surface area contributed by atoms with Gasteiger partial charge in [-0.3, -0.25) is 5.43 Å². The van der Waals surface area contributed by atoms with Crippen LogP contribution in [0.15, 0.2) is 0 Å². The maximum atomic E-state index is 5.43. The number of hydrazine groups is 1. The summed E-state index contributed by atoms with van der Waals surface area (Å²) in [6, 6.07) is 0. The standard InChI is InChI=1S/C11H21N7S/c1-4-8-7-18(5-6-19-8)11-14-9(16-12)13-10(15-11)17(2)3/h8H,4-7,12H2,1-3H3,(H,13,14,15,16). The fourth-order valence-electron chi connectivity index (χ4n) is 1.91. The molecular formula is C11H21N7S. The van der Waals surface area contributed by atoms with Gasteiger partial charge in [0.25, 0.3) is 0 Å². The van der Waals surface area contributed by atoms with Crippen molar-refractivity contribution in [3.63, 3.8) is 0 Å². The van der Waals surface area contributed by atoms with Gasteiger partial charge in [-0.2, -0.15) is 26.7 Å². The molecule has 1 aromatic heterocycles. The Labute approximate surface area is 118 Å². The first-order valence-corrected chi connectivity index (χ1v) is 7.45. The molecule has 2 rings (SSSR count). The molecular weight excluding hydrogens is 262 g/mol. The van der Waals surface area contributed by atoms with Crippen LogP contribution in [0, 0.1) is 0 Å². The second-order valence-electron chi connectivity index (χ2n) is 4.64. The molecule has 2 heterocycles. The molecule has 0 aromatic carbocycles. The molecule has 0 radical (unpaired) electrons. The monoisotopic (exact) mass is 283 g/mol. The van der Waals surface area contributed by atoms with Crippen molar-refractivity contribution in [2.75, 3.05) is 48.2 Å². The minimum atomic E-state index is 0.403. The van der Waals surface area contributed by atoms with Gasteiger partial charge >= 0.3 is 0 Å². The van der Waals surface area contributed by atoms with Gasteiger partial charge in [0, 0.05) is 38.2 Å². The average Bonchev–Trinajstić information content (AvgIpc) is 2.46. The predicted molar refractivity (Wildman–Crippen MR) is 80.7 cm³/mol. The Hall–Kier alpha value is -1.28. The van der Waals surface area contributed by atoms with Crippen molar-refractivity contribution in [1.29, 1.82) is 0 Å². The molecule has 0 saturated carbocycles. The zero-order chi connectivity index (χ0) is 13.8. The van der Waals surface area contributed by atoms with E-state index in [4.69, 9.17) is 5.84 Å². The second-order valence-corrected chi connectivity index (χ2v) is 6.05. The first kappa shape index (κ1) is 14.1. The normalized spacial score (nSPS) is 19.4. The Bertz CT molecular complexity index is 426. The molecule has 0 aliphatic carbocycles. The number of rotatable bonds is 4. The van der Waals surface area contributed by atoms with Crippen LogP contribution >= 0.6 is 11.8 Å². The first-order valence-electron chi connectivity index (χ1n) is 6.40. The summed E-state index contributed by atoms with van der Waals surface area (Å²) in [6.45, 7) is 4.15. The molecule has 0 bridgehead atoms. The van der Waals surface area contributed by atoms with Gasteiger partial charge in [-0.1, -0.05) is 6.92 Å². The van der Waals surface area contributed by atoms with Crippen molar-refractivity contribution in [3.05, 3.63) is 0 Å². The van der Waals surface area contributed by atoms with E-state index in [2.05, 4.69) is 32.2 Å². The highest BCUT2D eigenvalue weighted by Crippen LogP contribution is 2.24. The minimum absolute atomic E-state index is 0.403. The Morgan fingerprint density at radius 1 is 1.42 bits per heavy atom. The van der Waals surface area contributed by atoms with E-state index in [9.17, 15) is 0 Å². The van der Waals surface area contributed by atoms with Crippen molar-refractivity contribution in [2.24, 2.45) is 5.84 Å². The van der Waals surface area contributed by atoms with Gasteiger partial charge in [-0.05, 0) is 6.42 Å². The zero-order valence-electron chi connectivity index (χ0n) is 11.6. The Balaban J connectivity index is 2.25. The molecule has 3 N–H and O–H groups in total. The van der Waals surface area contributed by atoms with Crippen LogP contribution in [-0.2, 0) is 0 Å². The third-order valence-corrected chi connectivity index (χ3v) is 4.39. The molecule has 106 valence electrons. The highest BCUT2D eigenvalue weighted by Gasteiger charge is 2.22. The fourth-order valence-corrected chi connectivity index (χ4v) is 3.09. The molecule has 7 nitrogen and oxygen atoms in total. The molecule has 1 saturated heterocycles. The quantitative estimate of drug-likeness (QED) is 0.612. The van der Waals surface area contributed by atoms with E-state index in [1.54, 1.807) is 0 Å². The van der Waals surface area contributed by atoms with Crippen LogP contribution in [0.1, 0.15) is 13.3 Å². The maximum Gasteiger partial charge on any atom is 0.243 e. The molecule has 1 atom stereocenters. The second kappa shape index (κ2) is 6.25. The Morgan fingerprint density at radius 3 is 2.84 bits per heavy atom. The van der Waals surface area contributed by atoms with Gasteiger partial charge in [0.1, 0.15) is 0 Å². The van der Waals surface area contributed by atoms with Gasteiger partial charge in [0.05, 0.1) is 0 Å². The van der Waals surface area contributed by atoms with E-state index in [1.807, 2.05) is 30.8 Å².